The molecule has 12 heteroatoms. The van der Waals surface area contributed by atoms with Crippen LogP contribution in [0.4, 0.5) is 0 Å². The van der Waals surface area contributed by atoms with E-state index in [0.29, 0.717) is 17.1 Å². The number of fused-ring (bicyclic) bond motifs is 4. The van der Waals surface area contributed by atoms with Gasteiger partial charge in [-0.25, -0.2) is 0 Å². The molecular weight excluding hydrogens is 536 g/mol. The van der Waals surface area contributed by atoms with Gasteiger partial charge in [0.05, 0.1) is 29.2 Å². The van der Waals surface area contributed by atoms with Crippen molar-refractivity contribution >= 4 is 34.9 Å². The lowest BCUT2D eigenvalue weighted by molar-refractivity contribution is -0.166. The van der Waals surface area contributed by atoms with E-state index in [4.69, 9.17) is 15.2 Å². The van der Waals surface area contributed by atoms with Crippen molar-refractivity contribution in [3.05, 3.63) is 70.0 Å². The first-order chi connectivity index (χ1) is 19.4. The normalized spacial score (nSPS) is 29.5. The zero-order chi connectivity index (χ0) is 29.5. The molecule has 1 amide bonds. The largest absolute Gasteiger partial charge is 0.508 e. The Labute approximate surface area is 232 Å². The number of nitrogens with zero attached hydrogens (tertiary/aromatic N) is 1. The van der Waals surface area contributed by atoms with Gasteiger partial charge < -0.3 is 40.7 Å². The summed E-state index contributed by atoms with van der Waals surface area (Å²) in [6.45, 7) is 0.0349. The van der Waals surface area contributed by atoms with E-state index in [-0.39, 0.29) is 29.2 Å². The summed E-state index contributed by atoms with van der Waals surface area (Å²) in [5.41, 5.74) is 1.85. The molecule has 2 aromatic rings. The maximum Gasteiger partial charge on any atom is 0.255 e. The number of Topliss-reactive ketones (excluding diaryl/α,β-unsaturated/α-hetero) is 2. The zero-order valence-electron chi connectivity index (χ0n) is 21.9. The Kier molecular flexibility index (Phi) is 5.79. The van der Waals surface area contributed by atoms with Gasteiger partial charge in [0.25, 0.3) is 5.91 Å². The van der Waals surface area contributed by atoms with Crippen LogP contribution >= 0.6 is 0 Å². The number of ketones is 2. The van der Waals surface area contributed by atoms with Crippen LogP contribution in [0.1, 0.15) is 16.7 Å². The number of phenolic OH excluding ortho intramolecular Hbond substituents is 1. The molecule has 5 atom stereocenters. The Morgan fingerprint density at radius 1 is 1.10 bits per heavy atom. The molecule has 4 aliphatic rings. The molecule has 6 rings (SSSR count). The highest BCUT2D eigenvalue weighted by molar-refractivity contribution is 6.25. The first-order valence-corrected chi connectivity index (χ1v) is 12.7. The van der Waals surface area contributed by atoms with Crippen molar-refractivity contribution in [1.82, 2.24) is 4.90 Å². The molecule has 0 spiro atoms. The van der Waals surface area contributed by atoms with Crippen molar-refractivity contribution in [3.63, 3.8) is 0 Å². The molecule has 3 aliphatic carbocycles. The van der Waals surface area contributed by atoms with Gasteiger partial charge in [-0.15, -0.1) is 0 Å². The van der Waals surface area contributed by atoms with E-state index >= 15 is 0 Å². The van der Waals surface area contributed by atoms with Crippen LogP contribution in [0.2, 0.25) is 0 Å². The minimum absolute atomic E-state index is 0.0349. The third kappa shape index (κ3) is 3.48. The lowest BCUT2D eigenvalue weighted by Gasteiger charge is -2.53. The lowest BCUT2D eigenvalue weighted by Crippen LogP contribution is -2.70. The third-order valence-electron chi connectivity index (χ3n) is 8.25. The third-order valence-corrected chi connectivity index (χ3v) is 8.25. The molecule has 0 unspecified atom stereocenters. The Bertz CT molecular complexity index is 1650. The molecule has 0 bridgehead atoms. The van der Waals surface area contributed by atoms with Crippen LogP contribution in [0, 0.1) is 11.8 Å². The van der Waals surface area contributed by atoms with Gasteiger partial charge in [-0.2, -0.15) is 0 Å². The first-order valence-electron chi connectivity index (χ1n) is 12.7. The molecule has 1 aliphatic heterocycles. The Balaban J connectivity index is 1.65. The second kappa shape index (κ2) is 8.93. The molecule has 1 fully saturated rings. The number of amides is 1. The molecule has 0 aromatic heterocycles. The molecule has 41 heavy (non-hydrogen) atoms. The highest BCUT2D eigenvalue weighted by atomic mass is 16.7. The minimum atomic E-state index is -3.00. The quantitative estimate of drug-likeness (QED) is 0.287. The number of nitrogens with two attached hydrogens (primary N) is 1. The molecule has 2 aromatic carbocycles. The lowest BCUT2D eigenvalue weighted by atomic mass is 9.55. The maximum absolute atomic E-state index is 14.2. The number of aliphatic hydroxyl groups is 4. The van der Waals surface area contributed by atoms with Crippen molar-refractivity contribution in [2.75, 3.05) is 20.9 Å². The topological polar surface area (TPSA) is 200 Å². The fourth-order valence-corrected chi connectivity index (χ4v) is 6.49. The molecule has 0 saturated heterocycles. The Morgan fingerprint density at radius 3 is 2.49 bits per heavy atom. The highest BCUT2D eigenvalue weighted by Crippen LogP contribution is 2.56. The van der Waals surface area contributed by atoms with Gasteiger partial charge in [-0.1, -0.05) is 24.3 Å². The highest BCUT2D eigenvalue weighted by Gasteiger charge is 2.68. The van der Waals surface area contributed by atoms with Crippen LogP contribution in [0.15, 0.2) is 53.3 Å². The van der Waals surface area contributed by atoms with Crippen molar-refractivity contribution in [1.29, 1.82) is 0 Å². The van der Waals surface area contributed by atoms with Crippen molar-refractivity contribution in [2.45, 2.75) is 17.7 Å². The molecule has 7 N–H and O–H groups in total. The van der Waals surface area contributed by atoms with Gasteiger partial charge in [0, 0.05) is 5.92 Å². The van der Waals surface area contributed by atoms with E-state index in [1.807, 2.05) is 0 Å². The predicted molar refractivity (Wildman–Crippen MR) is 142 cm³/mol. The number of aliphatic hydroxyl groups excluding tert-OH is 3. The molecule has 0 radical (unpaired) electrons. The second-order valence-electron chi connectivity index (χ2n) is 10.6. The van der Waals surface area contributed by atoms with E-state index in [9.17, 15) is 39.9 Å². The minimum Gasteiger partial charge on any atom is -0.508 e. The van der Waals surface area contributed by atoms with Gasteiger partial charge in [0.2, 0.25) is 12.6 Å². The SMILES string of the molecule is CN(C)[C@@H]1C(=O)C(C(N)=O)=C(O)[C@@]2(O)C(=O)C3=C(O)c4c(O)cccc4/C(=C\c4ccc5c(c4)OCO5)[C@H]3[C@H](O)[C@@H]12. The number of primary amides is 1. The van der Waals surface area contributed by atoms with E-state index in [1.165, 1.54) is 31.1 Å². The number of rotatable bonds is 3. The molecule has 12 nitrogen and oxygen atoms in total. The van der Waals surface area contributed by atoms with E-state index < -0.39 is 69.7 Å². The number of phenols is 1. The number of likely N-dealkylation sites (N-methyl/N-ethyl adjacent to an activating group) is 1. The fraction of sp³-hybridized carbons (Fsp3) is 0.276. The Morgan fingerprint density at radius 2 is 1.80 bits per heavy atom. The molecular formula is C29H26N2O10. The fourth-order valence-electron chi connectivity index (χ4n) is 6.49. The Hall–Kier alpha value is -4.65. The van der Waals surface area contributed by atoms with Crippen molar-refractivity contribution < 1.29 is 49.4 Å². The van der Waals surface area contributed by atoms with E-state index in [0.717, 1.165) is 0 Å². The number of benzene rings is 2. The summed E-state index contributed by atoms with van der Waals surface area (Å²) < 4.78 is 10.8. The number of aromatic hydroxyl groups is 1. The number of hydrogen-bond acceptors (Lipinski definition) is 11. The van der Waals surface area contributed by atoms with Crippen LogP contribution in [0.25, 0.3) is 17.4 Å². The second-order valence-corrected chi connectivity index (χ2v) is 10.6. The van der Waals surface area contributed by atoms with Crippen LogP contribution in [-0.4, -0.2) is 86.5 Å². The summed E-state index contributed by atoms with van der Waals surface area (Å²) in [5, 5.41) is 56.9. The predicted octanol–water partition coefficient (Wildman–Crippen LogP) is 0.662. The number of carbonyl (C=O) groups is 3. The molecule has 1 saturated carbocycles. The van der Waals surface area contributed by atoms with Gasteiger partial charge in [0.1, 0.15) is 22.8 Å². The summed E-state index contributed by atoms with van der Waals surface area (Å²) in [5.74, 6) is -8.05. The first kappa shape index (κ1) is 26.6. The van der Waals surface area contributed by atoms with E-state index in [2.05, 4.69) is 0 Å². The average molecular weight is 563 g/mol. The van der Waals surface area contributed by atoms with Crippen LogP contribution in [-0.2, 0) is 14.4 Å². The summed E-state index contributed by atoms with van der Waals surface area (Å²) in [6.07, 6.45) is -0.142. The van der Waals surface area contributed by atoms with Gasteiger partial charge in [-0.3, -0.25) is 19.3 Å². The number of hydrogen-bond donors (Lipinski definition) is 6. The monoisotopic (exact) mass is 562 g/mol. The van der Waals surface area contributed by atoms with Crippen LogP contribution < -0.4 is 15.2 Å². The molecule has 212 valence electrons. The van der Waals surface area contributed by atoms with Gasteiger partial charge >= 0.3 is 0 Å². The zero-order valence-corrected chi connectivity index (χ0v) is 21.9. The van der Waals surface area contributed by atoms with Gasteiger partial charge in [-0.05, 0) is 49.0 Å². The number of carbonyl (C=O) groups excluding carboxylic acids is 3. The summed E-state index contributed by atoms with van der Waals surface area (Å²) in [7, 11) is 2.89. The summed E-state index contributed by atoms with van der Waals surface area (Å²) in [6, 6.07) is 7.98. The maximum atomic E-state index is 14.2. The summed E-state index contributed by atoms with van der Waals surface area (Å²) >= 11 is 0. The smallest absolute Gasteiger partial charge is 0.255 e. The molecule has 1 heterocycles. The van der Waals surface area contributed by atoms with Crippen molar-refractivity contribution in [2.24, 2.45) is 17.6 Å². The standard InChI is InChI=1S/C29H26N2O10/c1-31(2)22-21-24(34)18-13(8-11-6-7-15-16(9-11)41-10-40-15)12-4-3-5-14(32)17(12)23(33)19(18)26(36)29(21,39)27(37)20(25(22)35)28(30)38/h3-9,18,21-22,24,32-34,37,39H,10H2,1-2H3,(H2,30,38)/b13-8+/t18-,21-,22+,24+,29+/m1/s1. The van der Waals surface area contributed by atoms with Crippen LogP contribution in [0.5, 0.6) is 17.2 Å². The van der Waals surface area contributed by atoms with Crippen molar-refractivity contribution in [3.8, 4) is 17.2 Å². The van der Waals surface area contributed by atoms with Gasteiger partial charge in [0.15, 0.2) is 22.9 Å². The average Bonchev–Trinajstić information content (AvgIpc) is 3.38. The van der Waals surface area contributed by atoms with E-state index in [1.54, 1.807) is 30.3 Å². The number of ether oxygens (including phenoxy) is 2. The summed E-state index contributed by atoms with van der Waals surface area (Å²) in [4.78, 5) is 41.1. The van der Waals surface area contributed by atoms with Crippen LogP contribution in [0.3, 0.4) is 0 Å².